The highest BCUT2D eigenvalue weighted by Gasteiger charge is 2.55. The van der Waals surface area contributed by atoms with Gasteiger partial charge in [-0.25, -0.2) is 0 Å². The van der Waals surface area contributed by atoms with E-state index in [0.717, 1.165) is 42.4 Å². The third-order valence-corrected chi connectivity index (χ3v) is 6.30. The van der Waals surface area contributed by atoms with Gasteiger partial charge in [0.25, 0.3) is 0 Å². The van der Waals surface area contributed by atoms with Gasteiger partial charge in [-0.3, -0.25) is 4.79 Å². The number of likely N-dealkylation sites (tertiary alicyclic amines) is 1. The van der Waals surface area contributed by atoms with Crippen molar-refractivity contribution in [3.8, 4) is 0 Å². The summed E-state index contributed by atoms with van der Waals surface area (Å²) in [6.07, 6.45) is 2.45. The Morgan fingerprint density at radius 2 is 1.88 bits per heavy atom. The van der Waals surface area contributed by atoms with Crippen molar-refractivity contribution in [3.05, 3.63) is 71.3 Å². The Hall–Kier alpha value is -2.13. The van der Waals surface area contributed by atoms with E-state index in [1.54, 1.807) is 0 Å². The predicted molar refractivity (Wildman–Crippen MR) is 93.7 cm³/mol. The molecule has 1 unspecified atom stereocenters. The van der Waals surface area contributed by atoms with Crippen LogP contribution in [0.15, 0.2) is 54.6 Å². The predicted octanol–water partition coefficient (Wildman–Crippen LogP) is 3.37. The molecule has 3 nitrogen and oxygen atoms in total. The summed E-state index contributed by atoms with van der Waals surface area (Å²) in [6, 6.07) is 19.1. The maximum Gasteiger partial charge on any atom is 0.314 e. The van der Waals surface area contributed by atoms with Gasteiger partial charge in [-0.1, -0.05) is 54.6 Å². The SMILES string of the molecule is C[N+]1(Cc2ccccc2)CC[C@]2(C(=O)O)C[C@@H]1Cc1ccccc12. The highest BCUT2D eigenvalue weighted by atomic mass is 16.4. The first kappa shape index (κ1) is 15.4. The zero-order chi connectivity index (χ0) is 16.8. The lowest BCUT2D eigenvalue weighted by Crippen LogP contribution is -2.64. The van der Waals surface area contributed by atoms with E-state index in [2.05, 4.69) is 37.4 Å². The molecule has 0 radical (unpaired) electrons. The monoisotopic (exact) mass is 322 g/mol. The van der Waals surface area contributed by atoms with Crippen molar-refractivity contribution in [2.75, 3.05) is 13.6 Å². The van der Waals surface area contributed by atoms with Crippen LogP contribution in [0.1, 0.15) is 29.5 Å². The molecule has 3 atom stereocenters. The number of carboxylic acids is 1. The van der Waals surface area contributed by atoms with E-state index in [9.17, 15) is 9.90 Å². The molecule has 2 aromatic rings. The van der Waals surface area contributed by atoms with Crippen LogP contribution < -0.4 is 0 Å². The largest absolute Gasteiger partial charge is 0.481 e. The van der Waals surface area contributed by atoms with Crippen molar-refractivity contribution in [2.24, 2.45) is 0 Å². The molecule has 1 aliphatic heterocycles. The molecule has 1 heterocycles. The molecule has 2 aromatic carbocycles. The van der Waals surface area contributed by atoms with Gasteiger partial charge in [0.2, 0.25) is 0 Å². The summed E-state index contributed by atoms with van der Waals surface area (Å²) in [6.45, 7) is 1.89. The van der Waals surface area contributed by atoms with Crippen molar-refractivity contribution < 1.29 is 14.4 Å². The minimum atomic E-state index is -0.687. The van der Waals surface area contributed by atoms with E-state index in [1.807, 2.05) is 24.3 Å². The van der Waals surface area contributed by atoms with Gasteiger partial charge in [-0.15, -0.1) is 0 Å². The summed E-state index contributed by atoms with van der Waals surface area (Å²) >= 11 is 0. The average Bonchev–Trinajstić information content (AvgIpc) is 2.59. The number of hydrogen-bond donors (Lipinski definition) is 1. The number of benzene rings is 2. The number of nitrogens with zero attached hydrogens (tertiary/aromatic N) is 1. The Labute approximate surface area is 143 Å². The summed E-state index contributed by atoms with van der Waals surface area (Å²) in [5.41, 5.74) is 2.93. The second kappa shape index (κ2) is 5.45. The first-order chi connectivity index (χ1) is 11.5. The maximum absolute atomic E-state index is 12.2. The van der Waals surface area contributed by atoms with Crippen LogP contribution in [0, 0.1) is 0 Å². The van der Waals surface area contributed by atoms with Gasteiger partial charge in [0.15, 0.2) is 0 Å². The second-order valence-electron chi connectivity index (χ2n) is 7.70. The Balaban J connectivity index is 1.73. The van der Waals surface area contributed by atoms with Crippen LogP contribution in [-0.4, -0.2) is 35.2 Å². The highest BCUT2D eigenvalue weighted by molar-refractivity contribution is 5.82. The maximum atomic E-state index is 12.2. The van der Waals surface area contributed by atoms with E-state index in [1.165, 1.54) is 11.1 Å². The lowest BCUT2D eigenvalue weighted by molar-refractivity contribution is -0.952. The van der Waals surface area contributed by atoms with Crippen molar-refractivity contribution >= 4 is 5.97 Å². The molecule has 3 heteroatoms. The molecule has 2 bridgehead atoms. The Morgan fingerprint density at radius 3 is 2.62 bits per heavy atom. The molecule has 124 valence electrons. The minimum absolute atomic E-state index is 0.366. The number of fused-ring (bicyclic) bond motifs is 4. The first-order valence-corrected chi connectivity index (χ1v) is 8.73. The molecular formula is C21H24NO2+. The fourth-order valence-electron chi connectivity index (χ4n) is 4.83. The van der Waals surface area contributed by atoms with Crippen molar-refractivity contribution in [3.63, 3.8) is 0 Å². The molecule has 4 rings (SSSR count). The van der Waals surface area contributed by atoms with Crippen LogP contribution in [-0.2, 0) is 23.2 Å². The van der Waals surface area contributed by atoms with Gasteiger partial charge in [0.05, 0.1) is 19.6 Å². The van der Waals surface area contributed by atoms with Crippen LogP contribution in [0.3, 0.4) is 0 Å². The fourth-order valence-corrected chi connectivity index (χ4v) is 4.83. The number of rotatable bonds is 3. The lowest BCUT2D eigenvalue weighted by Gasteiger charge is -2.53. The van der Waals surface area contributed by atoms with Gasteiger partial charge in [0.1, 0.15) is 12.0 Å². The Kier molecular flexibility index (Phi) is 3.50. The van der Waals surface area contributed by atoms with E-state index in [-0.39, 0.29) is 0 Å². The summed E-state index contributed by atoms with van der Waals surface area (Å²) in [5.74, 6) is -0.648. The molecule has 1 saturated heterocycles. The molecule has 2 aliphatic rings. The average molecular weight is 322 g/mol. The van der Waals surface area contributed by atoms with Gasteiger partial charge >= 0.3 is 5.97 Å². The molecule has 0 saturated carbocycles. The van der Waals surface area contributed by atoms with Gasteiger partial charge < -0.3 is 9.59 Å². The highest BCUT2D eigenvalue weighted by Crippen LogP contribution is 2.47. The van der Waals surface area contributed by atoms with E-state index in [0.29, 0.717) is 6.04 Å². The van der Waals surface area contributed by atoms with Crippen molar-refractivity contribution in [2.45, 2.75) is 37.3 Å². The lowest BCUT2D eigenvalue weighted by atomic mass is 9.63. The quantitative estimate of drug-likeness (QED) is 0.880. The molecule has 1 aliphatic carbocycles. The first-order valence-electron chi connectivity index (χ1n) is 8.73. The molecule has 0 spiro atoms. The number of carboxylic acid groups (broad SMARTS) is 1. The second-order valence-corrected chi connectivity index (χ2v) is 7.70. The standard InChI is InChI=1S/C21H23NO2/c1-22(15-16-7-3-2-4-8-16)12-11-21(20(23)24)14-18(22)13-17-9-5-6-10-19(17)21/h2-10,18H,11-15H2,1H3/p+1/t18-,21-,22?/m0/s1. The molecule has 0 amide bonds. The Morgan fingerprint density at radius 1 is 1.17 bits per heavy atom. The summed E-state index contributed by atoms with van der Waals surface area (Å²) in [4.78, 5) is 12.2. The third kappa shape index (κ3) is 2.27. The van der Waals surface area contributed by atoms with Crippen LogP contribution >= 0.6 is 0 Å². The number of carbonyl (C=O) groups is 1. The summed E-state index contributed by atoms with van der Waals surface area (Å²) in [5, 5.41) is 10.0. The number of hydrogen-bond acceptors (Lipinski definition) is 1. The number of likely N-dealkylation sites (N-methyl/N-ethyl adjacent to an activating group) is 1. The van der Waals surface area contributed by atoms with Gasteiger partial charge in [-0.2, -0.15) is 0 Å². The smallest absolute Gasteiger partial charge is 0.314 e. The molecule has 1 N–H and O–H groups in total. The van der Waals surface area contributed by atoms with Crippen LogP contribution in [0.4, 0.5) is 0 Å². The summed E-state index contributed by atoms with van der Waals surface area (Å²) < 4.78 is 0.938. The number of quaternary nitrogens is 1. The van der Waals surface area contributed by atoms with E-state index < -0.39 is 11.4 Å². The molecular weight excluding hydrogens is 298 g/mol. The van der Waals surface area contributed by atoms with Crippen LogP contribution in [0.2, 0.25) is 0 Å². The minimum Gasteiger partial charge on any atom is -0.481 e. The molecule has 0 aromatic heterocycles. The topological polar surface area (TPSA) is 37.3 Å². The molecule has 1 fully saturated rings. The van der Waals surface area contributed by atoms with Crippen LogP contribution in [0.5, 0.6) is 0 Å². The molecule has 24 heavy (non-hydrogen) atoms. The van der Waals surface area contributed by atoms with Crippen molar-refractivity contribution in [1.29, 1.82) is 0 Å². The van der Waals surface area contributed by atoms with E-state index >= 15 is 0 Å². The Bertz CT molecular complexity index is 772. The van der Waals surface area contributed by atoms with Crippen molar-refractivity contribution in [1.82, 2.24) is 0 Å². The zero-order valence-corrected chi connectivity index (χ0v) is 14.1. The van der Waals surface area contributed by atoms with E-state index in [4.69, 9.17) is 0 Å². The van der Waals surface area contributed by atoms with Gasteiger partial charge in [-0.05, 0) is 11.1 Å². The zero-order valence-electron chi connectivity index (χ0n) is 14.1. The number of aliphatic carboxylic acids is 1. The number of piperidine rings is 1. The third-order valence-electron chi connectivity index (χ3n) is 6.30. The fraction of sp³-hybridized carbons (Fsp3) is 0.381. The normalized spacial score (nSPS) is 31.3. The van der Waals surface area contributed by atoms with Gasteiger partial charge in [0, 0.05) is 24.8 Å². The van der Waals surface area contributed by atoms with Crippen LogP contribution in [0.25, 0.3) is 0 Å². The summed E-state index contributed by atoms with van der Waals surface area (Å²) in [7, 11) is 2.30.